The van der Waals surface area contributed by atoms with E-state index in [1.165, 1.54) is 24.5 Å². The average molecular weight is 435 g/mol. The van der Waals surface area contributed by atoms with E-state index in [2.05, 4.69) is 20.1 Å². The Balaban J connectivity index is 1.42. The maximum Gasteiger partial charge on any atom is 0.277 e. The van der Waals surface area contributed by atoms with Gasteiger partial charge in [0.25, 0.3) is 5.91 Å². The van der Waals surface area contributed by atoms with E-state index in [9.17, 15) is 14.3 Å². The molecule has 0 spiro atoms. The van der Waals surface area contributed by atoms with Gasteiger partial charge in [0.05, 0.1) is 24.9 Å². The number of β-amino-alcohol motifs (C(OH)–C–C–N with tert-alkyl or cyclic N) is 1. The number of oxazole rings is 1. The second-order valence-electron chi connectivity index (χ2n) is 8.74. The molecule has 3 rings (SSSR count). The first kappa shape index (κ1) is 23.3. The fraction of sp³-hybridized carbons (Fsp3) is 0.545. The lowest BCUT2D eigenvalue weighted by molar-refractivity contribution is -0.0588. The minimum Gasteiger partial charge on any atom is -0.447 e. The van der Waals surface area contributed by atoms with Gasteiger partial charge in [0, 0.05) is 38.4 Å². The Morgan fingerprint density at radius 2 is 2.00 bits per heavy atom. The van der Waals surface area contributed by atoms with Crippen LogP contribution in [-0.4, -0.2) is 76.8 Å². The summed E-state index contributed by atoms with van der Waals surface area (Å²) in [4.78, 5) is 20.9. The van der Waals surface area contributed by atoms with E-state index in [4.69, 9.17) is 9.15 Å². The van der Waals surface area contributed by atoms with Gasteiger partial charge in [-0.3, -0.25) is 14.6 Å². The summed E-state index contributed by atoms with van der Waals surface area (Å²) in [6.45, 7) is 10.6. The van der Waals surface area contributed by atoms with Crippen LogP contribution in [0.1, 0.15) is 37.2 Å². The fourth-order valence-electron chi connectivity index (χ4n) is 3.27. The molecule has 31 heavy (non-hydrogen) atoms. The van der Waals surface area contributed by atoms with E-state index in [0.717, 1.165) is 26.2 Å². The Morgan fingerprint density at radius 1 is 1.29 bits per heavy atom. The summed E-state index contributed by atoms with van der Waals surface area (Å²) < 4.78 is 24.3. The number of benzene rings is 1. The van der Waals surface area contributed by atoms with Crippen molar-refractivity contribution in [2.75, 3.05) is 44.6 Å². The van der Waals surface area contributed by atoms with Crippen molar-refractivity contribution >= 4 is 11.6 Å². The van der Waals surface area contributed by atoms with Gasteiger partial charge >= 0.3 is 0 Å². The number of hydrogen-bond acceptors (Lipinski definition) is 7. The molecule has 2 heterocycles. The largest absolute Gasteiger partial charge is 0.447 e. The van der Waals surface area contributed by atoms with E-state index in [0.29, 0.717) is 31.3 Å². The van der Waals surface area contributed by atoms with Crippen LogP contribution >= 0.6 is 0 Å². The van der Waals surface area contributed by atoms with Crippen LogP contribution in [0.15, 0.2) is 34.9 Å². The highest BCUT2D eigenvalue weighted by atomic mass is 19.1. The number of amides is 1. The number of aliphatic hydroxyl groups is 1. The molecule has 1 aliphatic rings. The molecule has 2 N–H and O–H groups in total. The van der Waals surface area contributed by atoms with Crippen molar-refractivity contribution in [1.29, 1.82) is 0 Å². The van der Waals surface area contributed by atoms with Crippen LogP contribution in [0, 0.1) is 5.82 Å². The van der Waals surface area contributed by atoms with Crippen molar-refractivity contribution in [3.05, 3.63) is 47.9 Å². The Labute approximate surface area is 182 Å². The van der Waals surface area contributed by atoms with E-state index in [-0.39, 0.29) is 11.3 Å². The molecule has 1 amide bonds. The molecular weight excluding hydrogens is 403 g/mol. The van der Waals surface area contributed by atoms with Crippen molar-refractivity contribution in [2.24, 2.45) is 0 Å². The summed E-state index contributed by atoms with van der Waals surface area (Å²) >= 11 is 0. The van der Waals surface area contributed by atoms with Crippen LogP contribution < -0.4 is 5.32 Å². The quantitative estimate of drug-likeness (QED) is 0.659. The van der Waals surface area contributed by atoms with Gasteiger partial charge in [-0.25, -0.2) is 9.37 Å². The van der Waals surface area contributed by atoms with Crippen LogP contribution in [0.4, 0.5) is 10.1 Å². The number of carbonyl (C=O) groups is 1. The van der Waals surface area contributed by atoms with E-state index in [1.54, 1.807) is 6.07 Å². The van der Waals surface area contributed by atoms with Crippen LogP contribution in [0.25, 0.3) is 0 Å². The number of aliphatic hydroxyl groups excluding tert-OH is 1. The highest BCUT2D eigenvalue weighted by molar-refractivity contribution is 6.02. The van der Waals surface area contributed by atoms with Crippen LogP contribution in [0.5, 0.6) is 0 Å². The minimum absolute atomic E-state index is 0.153. The number of aromatic nitrogens is 1. The lowest BCUT2D eigenvalue weighted by Gasteiger charge is -2.35. The zero-order valence-corrected chi connectivity index (χ0v) is 18.3. The highest BCUT2D eigenvalue weighted by Gasteiger charge is 2.22. The normalized spacial score (nSPS) is 16.9. The number of nitrogens with zero attached hydrogens (tertiary/aromatic N) is 3. The molecule has 0 saturated carbocycles. The van der Waals surface area contributed by atoms with Gasteiger partial charge in [-0.05, 0) is 39.0 Å². The number of nitrogens with one attached hydrogen (secondary N) is 1. The van der Waals surface area contributed by atoms with Crippen molar-refractivity contribution in [3.63, 3.8) is 0 Å². The van der Waals surface area contributed by atoms with E-state index >= 15 is 0 Å². The van der Waals surface area contributed by atoms with Gasteiger partial charge < -0.3 is 19.6 Å². The third-order valence-corrected chi connectivity index (χ3v) is 4.87. The molecule has 1 saturated heterocycles. The average Bonchev–Trinajstić information content (AvgIpc) is 3.16. The Morgan fingerprint density at radius 3 is 2.68 bits per heavy atom. The van der Waals surface area contributed by atoms with Gasteiger partial charge in [0.15, 0.2) is 5.69 Å². The summed E-state index contributed by atoms with van der Waals surface area (Å²) in [7, 11) is 0. The van der Waals surface area contributed by atoms with Crippen molar-refractivity contribution in [1.82, 2.24) is 14.8 Å². The first-order valence-corrected chi connectivity index (χ1v) is 10.5. The number of rotatable bonds is 8. The third kappa shape index (κ3) is 7.70. The second-order valence-corrected chi connectivity index (χ2v) is 8.74. The zero-order valence-electron chi connectivity index (χ0n) is 18.3. The lowest BCUT2D eigenvalue weighted by atomic mass is 10.2. The summed E-state index contributed by atoms with van der Waals surface area (Å²) in [5.41, 5.74) is 0.253. The molecule has 0 bridgehead atoms. The number of piperazine rings is 1. The molecule has 0 unspecified atom stereocenters. The first-order valence-electron chi connectivity index (χ1n) is 10.5. The monoisotopic (exact) mass is 434 g/mol. The summed E-state index contributed by atoms with van der Waals surface area (Å²) in [6, 6.07) is 5.68. The molecule has 8 nitrogen and oxygen atoms in total. The molecule has 170 valence electrons. The highest BCUT2D eigenvalue weighted by Crippen LogP contribution is 2.14. The smallest absolute Gasteiger partial charge is 0.277 e. The standard InChI is InChI=1S/C22H31FN4O4/c1-22(2,3)31-14-18(28)12-26-7-9-27(10-8-26)13-20-25-19(15-30-20)21(29)24-17-6-4-5-16(23)11-17/h4-6,11,15,18,28H,7-10,12-14H2,1-3H3,(H,24,29)/t18-/m1/s1. The predicted molar refractivity (Wildman–Crippen MR) is 114 cm³/mol. The summed E-state index contributed by atoms with van der Waals surface area (Å²) in [5, 5.41) is 12.8. The predicted octanol–water partition coefficient (Wildman–Crippen LogP) is 2.36. The molecule has 1 atom stereocenters. The Bertz CT molecular complexity index is 859. The maximum atomic E-state index is 13.3. The Hall–Kier alpha value is -2.33. The molecule has 1 aliphatic heterocycles. The second kappa shape index (κ2) is 10.3. The van der Waals surface area contributed by atoms with E-state index < -0.39 is 17.8 Å². The van der Waals surface area contributed by atoms with Crippen LogP contribution in [0.2, 0.25) is 0 Å². The minimum atomic E-state index is -0.517. The molecule has 1 aromatic carbocycles. The van der Waals surface area contributed by atoms with E-state index in [1.807, 2.05) is 20.8 Å². The molecule has 1 aromatic heterocycles. The van der Waals surface area contributed by atoms with Crippen LogP contribution in [-0.2, 0) is 11.3 Å². The molecule has 0 radical (unpaired) electrons. The number of hydrogen-bond donors (Lipinski definition) is 2. The molecule has 1 fully saturated rings. The van der Waals surface area contributed by atoms with Gasteiger partial charge in [-0.2, -0.15) is 0 Å². The topological polar surface area (TPSA) is 91.1 Å². The Kier molecular flexibility index (Phi) is 7.77. The van der Waals surface area contributed by atoms with Gasteiger partial charge in [-0.15, -0.1) is 0 Å². The summed E-state index contributed by atoms with van der Waals surface area (Å²) in [5.74, 6) is -0.416. The van der Waals surface area contributed by atoms with Crippen molar-refractivity contribution in [3.8, 4) is 0 Å². The third-order valence-electron chi connectivity index (χ3n) is 4.87. The SMILES string of the molecule is CC(C)(C)OC[C@H](O)CN1CCN(Cc2nc(C(=O)Nc3cccc(F)c3)co2)CC1. The fourth-order valence-corrected chi connectivity index (χ4v) is 3.27. The lowest BCUT2D eigenvalue weighted by Crippen LogP contribution is -2.49. The first-order chi connectivity index (χ1) is 14.7. The number of halogens is 1. The van der Waals surface area contributed by atoms with Gasteiger partial charge in [0.1, 0.15) is 12.1 Å². The molecular formula is C22H31FN4O4. The zero-order chi connectivity index (χ0) is 22.4. The number of ether oxygens (including phenoxy) is 1. The van der Waals surface area contributed by atoms with Crippen LogP contribution in [0.3, 0.4) is 0 Å². The summed E-state index contributed by atoms with van der Waals surface area (Å²) in [6.07, 6.45) is 0.794. The van der Waals surface area contributed by atoms with Crippen molar-refractivity contribution in [2.45, 2.75) is 39.0 Å². The number of carbonyl (C=O) groups excluding carboxylic acids is 1. The number of anilines is 1. The molecule has 0 aliphatic carbocycles. The maximum absolute atomic E-state index is 13.3. The molecule has 9 heteroatoms. The van der Waals surface area contributed by atoms with Gasteiger partial charge in [-0.1, -0.05) is 6.07 Å². The molecule has 2 aromatic rings. The van der Waals surface area contributed by atoms with Crippen molar-refractivity contribution < 1.29 is 23.4 Å². The van der Waals surface area contributed by atoms with Gasteiger partial charge in [0.2, 0.25) is 5.89 Å².